The van der Waals surface area contributed by atoms with Crippen LogP contribution in [0.3, 0.4) is 0 Å². The Kier molecular flexibility index (Phi) is 3.46. The van der Waals surface area contributed by atoms with Crippen molar-refractivity contribution in [3.63, 3.8) is 0 Å². The molecule has 3 nitrogen and oxygen atoms in total. The predicted octanol–water partition coefficient (Wildman–Crippen LogP) is 3.41. The molecule has 3 aliphatic carbocycles. The number of aryl methyl sites for hydroxylation is 1. The van der Waals surface area contributed by atoms with Gasteiger partial charge in [-0.25, -0.2) is 0 Å². The average molecular weight is 339 g/mol. The van der Waals surface area contributed by atoms with E-state index in [0.29, 0.717) is 24.7 Å². The molecule has 0 spiro atoms. The van der Waals surface area contributed by atoms with E-state index in [4.69, 9.17) is 4.74 Å². The molecule has 1 aromatic rings. The molecule has 0 N–H and O–H groups in total. The minimum Gasteiger partial charge on any atom is -0.376 e. The highest BCUT2D eigenvalue weighted by molar-refractivity contribution is 5.82. The fourth-order valence-electron chi connectivity index (χ4n) is 6.27. The third kappa shape index (κ3) is 2.15. The highest BCUT2D eigenvalue weighted by Gasteiger charge is 2.65. The van der Waals surface area contributed by atoms with E-state index >= 15 is 0 Å². The van der Waals surface area contributed by atoms with Crippen LogP contribution in [0.5, 0.6) is 0 Å². The summed E-state index contributed by atoms with van der Waals surface area (Å²) in [5.41, 5.74) is 3.88. The van der Waals surface area contributed by atoms with Crippen LogP contribution in [-0.4, -0.2) is 42.5 Å². The Morgan fingerprint density at radius 2 is 2.12 bits per heavy atom. The molecule has 3 heteroatoms. The molecule has 134 valence electrons. The van der Waals surface area contributed by atoms with Gasteiger partial charge in [0.25, 0.3) is 0 Å². The van der Waals surface area contributed by atoms with Gasteiger partial charge in [-0.15, -0.1) is 0 Å². The van der Waals surface area contributed by atoms with E-state index < -0.39 is 0 Å². The molecule has 4 aliphatic rings. The first-order valence-electron chi connectivity index (χ1n) is 9.99. The summed E-state index contributed by atoms with van der Waals surface area (Å²) in [6.07, 6.45) is 7.17. The number of ketones is 1. The van der Waals surface area contributed by atoms with E-state index in [1.807, 2.05) is 7.11 Å². The third-order valence-corrected chi connectivity index (χ3v) is 7.64. The van der Waals surface area contributed by atoms with Gasteiger partial charge >= 0.3 is 0 Å². The van der Waals surface area contributed by atoms with E-state index in [1.165, 1.54) is 36.1 Å². The lowest BCUT2D eigenvalue weighted by molar-refractivity contribution is -0.187. The SMILES string of the molecule is COC12CCC(=O)CC13CCN(CC1CC1)C2Cc1ccc(C)cc13. The molecule has 1 aliphatic heterocycles. The first kappa shape index (κ1) is 16.0. The quantitative estimate of drug-likeness (QED) is 0.845. The van der Waals surface area contributed by atoms with Crippen LogP contribution in [-0.2, 0) is 21.4 Å². The summed E-state index contributed by atoms with van der Waals surface area (Å²) < 4.78 is 6.42. The Labute approximate surface area is 150 Å². The highest BCUT2D eigenvalue weighted by Crippen LogP contribution is 2.59. The van der Waals surface area contributed by atoms with Gasteiger partial charge < -0.3 is 4.74 Å². The number of carbonyl (C=O) groups excluding carboxylic acids is 1. The molecule has 2 bridgehead atoms. The molecule has 5 rings (SSSR count). The monoisotopic (exact) mass is 339 g/mol. The fourth-order valence-corrected chi connectivity index (χ4v) is 6.27. The summed E-state index contributed by atoms with van der Waals surface area (Å²) in [4.78, 5) is 15.3. The smallest absolute Gasteiger partial charge is 0.134 e. The highest BCUT2D eigenvalue weighted by atomic mass is 16.5. The van der Waals surface area contributed by atoms with Crippen molar-refractivity contribution >= 4 is 5.78 Å². The zero-order valence-corrected chi connectivity index (χ0v) is 15.5. The van der Waals surface area contributed by atoms with Crippen LogP contribution in [0, 0.1) is 12.8 Å². The molecular weight excluding hydrogens is 310 g/mol. The number of benzene rings is 1. The Bertz CT molecular complexity index is 725. The number of Topliss-reactive ketones (excluding diaryl/α,β-unsaturated/α-hetero) is 1. The van der Waals surface area contributed by atoms with Crippen molar-refractivity contribution in [3.8, 4) is 0 Å². The van der Waals surface area contributed by atoms with Gasteiger partial charge in [-0.2, -0.15) is 0 Å². The average Bonchev–Trinajstić information content (AvgIpc) is 3.42. The number of fused-ring (bicyclic) bond motifs is 1. The molecule has 1 aromatic carbocycles. The predicted molar refractivity (Wildman–Crippen MR) is 97.9 cm³/mol. The van der Waals surface area contributed by atoms with Crippen molar-refractivity contribution in [1.82, 2.24) is 4.90 Å². The third-order valence-electron chi connectivity index (χ3n) is 7.64. The maximum absolute atomic E-state index is 12.6. The molecule has 0 aromatic heterocycles. The first-order valence-corrected chi connectivity index (χ1v) is 9.99. The summed E-state index contributed by atoms with van der Waals surface area (Å²) in [5.74, 6) is 1.32. The standard InChI is InChI=1S/C22H29NO2/c1-15-3-6-17-12-20-22(25-2)8-7-18(24)13-21(22,19(17)11-15)9-10-23(20)14-16-4-5-16/h3,6,11,16,20H,4-5,7-10,12-14H2,1-2H3. The van der Waals surface area contributed by atoms with E-state index in [0.717, 1.165) is 31.7 Å². The second-order valence-electron chi connectivity index (χ2n) is 8.96. The van der Waals surface area contributed by atoms with Crippen LogP contribution >= 0.6 is 0 Å². The number of hydrogen-bond donors (Lipinski definition) is 0. The van der Waals surface area contributed by atoms with Crippen molar-refractivity contribution in [2.45, 2.75) is 68.9 Å². The van der Waals surface area contributed by atoms with Gasteiger partial charge in [0, 0.05) is 38.0 Å². The molecule has 1 heterocycles. The first-order chi connectivity index (χ1) is 12.1. The summed E-state index contributed by atoms with van der Waals surface area (Å²) in [6.45, 7) is 4.51. The molecule has 1 saturated heterocycles. The Hall–Kier alpha value is -1.19. The van der Waals surface area contributed by atoms with Crippen LogP contribution < -0.4 is 0 Å². The zero-order valence-electron chi connectivity index (χ0n) is 15.5. The summed E-state index contributed by atoms with van der Waals surface area (Å²) in [7, 11) is 1.90. The van der Waals surface area contributed by atoms with Crippen LogP contribution in [0.25, 0.3) is 0 Å². The molecule has 2 saturated carbocycles. The molecule has 25 heavy (non-hydrogen) atoms. The zero-order chi connectivity index (χ0) is 17.2. The molecule has 3 unspecified atom stereocenters. The maximum Gasteiger partial charge on any atom is 0.134 e. The van der Waals surface area contributed by atoms with Gasteiger partial charge in [0.2, 0.25) is 0 Å². The molecular formula is C22H29NO2. The maximum atomic E-state index is 12.6. The molecule has 3 fully saturated rings. The van der Waals surface area contributed by atoms with Crippen LogP contribution in [0.1, 0.15) is 55.2 Å². The summed E-state index contributed by atoms with van der Waals surface area (Å²) in [6, 6.07) is 7.34. The van der Waals surface area contributed by atoms with Crippen LogP contribution in [0.15, 0.2) is 18.2 Å². The van der Waals surface area contributed by atoms with E-state index in [9.17, 15) is 4.79 Å². The lowest BCUT2D eigenvalue weighted by atomic mass is 9.49. The number of likely N-dealkylation sites (tertiary alicyclic amines) is 1. The van der Waals surface area contributed by atoms with Crippen molar-refractivity contribution in [2.75, 3.05) is 20.2 Å². The minimum absolute atomic E-state index is 0.110. The van der Waals surface area contributed by atoms with Gasteiger partial charge in [-0.05, 0) is 62.6 Å². The molecule has 0 amide bonds. The van der Waals surface area contributed by atoms with Crippen LogP contribution in [0.4, 0.5) is 0 Å². The van der Waals surface area contributed by atoms with Crippen molar-refractivity contribution in [3.05, 3.63) is 34.9 Å². The van der Waals surface area contributed by atoms with Crippen molar-refractivity contribution in [1.29, 1.82) is 0 Å². The molecule has 0 radical (unpaired) electrons. The summed E-state index contributed by atoms with van der Waals surface area (Å²) >= 11 is 0. The van der Waals surface area contributed by atoms with Gasteiger partial charge in [0.15, 0.2) is 0 Å². The summed E-state index contributed by atoms with van der Waals surface area (Å²) in [5, 5.41) is 0. The normalized spacial score (nSPS) is 37.5. The van der Waals surface area contributed by atoms with Crippen molar-refractivity contribution in [2.24, 2.45) is 5.92 Å². The van der Waals surface area contributed by atoms with E-state index in [1.54, 1.807) is 0 Å². The second-order valence-corrected chi connectivity index (χ2v) is 8.96. The largest absolute Gasteiger partial charge is 0.376 e. The van der Waals surface area contributed by atoms with E-state index in [2.05, 4.69) is 30.0 Å². The van der Waals surface area contributed by atoms with Gasteiger partial charge in [-0.3, -0.25) is 9.69 Å². The number of rotatable bonds is 3. The number of ether oxygens (including phenoxy) is 1. The lowest BCUT2D eigenvalue weighted by Gasteiger charge is -2.65. The number of carbonyl (C=O) groups is 1. The number of nitrogens with zero attached hydrogens (tertiary/aromatic N) is 1. The van der Waals surface area contributed by atoms with E-state index in [-0.39, 0.29) is 11.0 Å². The topological polar surface area (TPSA) is 29.5 Å². The number of hydrogen-bond acceptors (Lipinski definition) is 3. The Morgan fingerprint density at radius 1 is 1.28 bits per heavy atom. The van der Waals surface area contributed by atoms with Crippen LogP contribution in [0.2, 0.25) is 0 Å². The minimum atomic E-state index is -0.186. The van der Waals surface area contributed by atoms with Gasteiger partial charge in [0.1, 0.15) is 5.78 Å². The lowest BCUT2D eigenvalue weighted by Crippen LogP contribution is -2.74. The second kappa shape index (κ2) is 5.40. The van der Waals surface area contributed by atoms with Crippen molar-refractivity contribution < 1.29 is 9.53 Å². The molecule has 3 atom stereocenters. The van der Waals surface area contributed by atoms with Gasteiger partial charge in [-0.1, -0.05) is 23.8 Å². The fraction of sp³-hybridized carbons (Fsp3) is 0.682. The Morgan fingerprint density at radius 3 is 2.88 bits per heavy atom. The number of piperidine rings is 1. The van der Waals surface area contributed by atoms with Gasteiger partial charge in [0.05, 0.1) is 5.60 Å². The Balaban J connectivity index is 1.68. The number of methoxy groups -OCH3 is 1.